The van der Waals surface area contributed by atoms with E-state index in [4.69, 9.17) is 10.5 Å². The van der Waals surface area contributed by atoms with E-state index in [9.17, 15) is 0 Å². The lowest BCUT2D eigenvalue weighted by atomic mass is 10.1. The zero-order chi connectivity index (χ0) is 12.1. The molecule has 17 heavy (non-hydrogen) atoms. The molecule has 0 spiro atoms. The first kappa shape index (κ1) is 13.3. The molecule has 0 aromatic carbocycles. The van der Waals surface area contributed by atoms with Gasteiger partial charge in [0, 0.05) is 32.3 Å². The molecule has 2 aliphatic heterocycles. The smallest absolute Gasteiger partial charge is 0.0622 e. The summed E-state index contributed by atoms with van der Waals surface area (Å²) in [5.74, 6) is 0.622. The van der Waals surface area contributed by atoms with Crippen molar-refractivity contribution in [2.24, 2.45) is 11.7 Å². The Kier molecular flexibility index (Phi) is 5.22. The second kappa shape index (κ2) is 6.69. The van der Waals surface area contributed by atoms with Gasteiger partial charge in [0.25, 0.3) is 0 Å². The lowest BCUT2D eigenvalue weighted by molar-refractivity contribution is 0.144. The molecule has 0 saturated carbocycles. The van der Waals surface area contributed by atoms with Gasteiger partial charge in [0.15, 0.2) is 0 Å². The van der Waals surface area contributed by atoms with Crippen LogP contribution in [0.1, 0.15) is 19.8 Å². The highest BCUT2D eigenvalue weighted by Crippen LogP contribution is 2.15. The van der Waals surface area contributed by atoms with E-state index in [1.165, 1.54) is 39.0 Å². The molecule has 2 saturated heterocycles. The summed E-state index contributed by atoms with van der Waals surface area (Å²) < 4.78 is 5.49. The molecule has 4 heteroatoms. The van der Waals surface area contributed by atoms with Crippen molar-refractivity contribution in [2.45, 2.75) is 25.8 Å². The van der Waals surface area contributed by atoms with E-state index in [2.05, 4.69) is 16.7 Å². The maximum atomic E-state index is 5.70. The minimum atomic E-state index is 0.622. The van der Waals surface area contributed by atoms with Crippen molar-refractivity contribution < 1.29 is 4.74 Å². The van der Waals surface area contributed by atoms with Crippen molar-refractivity contribution in [3.05, 3.63) is 0 Å². The van der Waals surface area contributed by atoms with Crippen LogP contribution in [0.4, 0.5) is 0 Å². The second-order valence-electron chi connectivity index (χ2n) is 5.55. The molecule has 0 aromatic heterocycles. The summed E-state index contributed by atoms with van der Waals surface area (Å²) >= 11 is 0. The third-order valence-electron chi connectivity index (χ3n) is 4.02. The predicted octanol–water partition coefficient (Wildman–Crippen LogP) is 0.378. The molecule has 2 rings (SSSR count). The van der Waals surface area contributed by atoms with Gasteiger partial charge in [0.1, 0.15) is 0 Å². The molecule has 0 radical (unpaired) electrons. The van der Waals surface area contributed by atoms with Crippen LogP contribution in [0.5, 0.6) is 0 Å². The molecule has 2 atom stereocenters. The number of hydrogen-bond acceptors (Lipinski definition) is 4. The molecule has 100 valence electrons. The van der Waals surface area contributed by atoms with E-state index in [0.717, 1.165) is 26.3 Å². The van der Waals surface area contributed by atoms with Crippen LogP contribution in [-0.2, 0) is 4.74 Å². The second-order valence-corrected chi connectivity index (χ2v) is 5.55. The largest absolute Gasteiger partial charge is 0.380 e. The summed E-state index contributed by atoms with van der Waals surface area (Å²) in [6.07, 6.45) is 2.51. The van der Waals surface area contributed by atoms with Crippen LogP contribution in [-0.4, -0.2) is 68.3 Å². The third kappa shape index (κ3) is 3.91. The first-order chi connectivity index (χ1) is 8.29. The summed E-state index contributed by atoms with van der Waals surface area (Å²) in [7, 11) is 0. The number of rotatable bonds is 4. The molecule has 0 aromatic rings. The summed E-state index contributed by atoms with van der Waals surface area (Å²) in [5, 5.41) is 0. The van der Waals surface area contributed by atoms with Crippen LogP contribution < -0.4 is 5.73 Å². The lowest BCUT2D eigenvalue weighted by Gasteiger charge is -2.27. The van der Waals surface area contributed by atoms with Crippen LogP contribution in [0.25, 0.3) is 0 Å². The van der Waals surface area contributed by atoms with Gasteiger partial charge in [-0.25, -0.2) is 0 Å². The molecule has 2 aliphatic rings. The molecule has 0 bridgehead atoms. The van der Waals surface area contributed by atoms with Crippen LogP contribution in [0, 0.1) is 5.92 Å². The number of ether oxygens (including phenoxy) is 1. The van der Waals surface area contributed by atoms with Gasteiger partial charge in [-0.3, -0.25) is 4.90 Å². The third-order valence-corrected chi connectivity index (χ3v) is 4.02. The average molecular weight is 241 g/mol. The number of hydrogen-bond donors (Lipinski definition) is 1. The van der Waals surface area contributed by atoms with Crippen molar-refractivity contribution in [1.82, 2.24) is 9.80 Å². The predicted molar refractivity (Wildman–Crippen MR) is 70.1 cm³/mol. The SMILES string of the molecule is CC(CN)CN1CCCN(C2CCOC2)CC1. The molecule has 0 amide bonds. The fourth-order valence-electron chi connectivity index (χ4n) is 2.86. The molecule has 4 nitrogen and oxygen atoms in total. The Balaban J connectivity index is 1.76. The summed E-state index contributed by atoms with van der Waals surface area (Å²) in [5.41, 5.74) is 5.70. The van der Waals surface area contributed by atoms with Crippen molar-refractivity contribution >= 4 is 0 Å². The van der Waals surface area contributed by atoms with Gasteiger partial charge in [0.2, 0.25) is 0 Å². The van der Waals surface area contributed by atoms with Crippen molar-refractivity contribution in [3.63, 3.8) is 0 Å². The van der Waals surface area contributed by atoms with Gasteiger partial charge in [-0.2, -0.15) is 0 Å². The Morgan fingerprint density at radius 2 is 2.18 bits per heavy atom. The summed E-state index contributed by atoms with van der Waals surface area (Å²) in [6.45, 7) is 11.0. The minimum absolute atomic E-state index is 0.622. The van der Waals surface area contributed by atoms with E-state index < -0.39 is 0 Å². The molecular formula is C13H27N3O. The van der Waals surface area contributed by atoms with Gasteiger partial charge in [-0.15, -0.1) is 0 Å². The Bertz CT molecular complexity index is 219. The normalized spacial score (nSPS) is 30.4. The fourth-order valence-corrected chi connectivity index (χ4v) is 2.86. The Morgan fingerprint density at radius 3 is 2.88 bits per heavy atom. The highest BCUT2D eigenvalue weighted by Gasteiger charge is 2.25. The van der Waals surface area contributed by atoms with Crippen LogP contribution in [0.2, 0.25) is 0 Å². The average Bonchev–Trinajstić information content (AvgIpc) is 2.77. The van der Waals surface area contributed by atoms with Gasteiger partial charge in [-0.1, -0.05) is 6.92 Å². The molecule has 0 aliphatic carbocycles. The maximum Gasteiger partial charge on any atom is 0.0622 e. The van der Waals surface area contributed by atoms with E-state index >= 15 is 0 Å². The lowest BCUT2D eigenvalue weighted by Crippen LogP contribution is -2.39. The van der Waals surface area contributed by atoms with Crippen LogP contribution >= 0.6 is 0 Å². The Hall–Kier alpha value is -0.160. The minimum Gasteiger partial charge on any atom is -0.380 e. The zero-order valence-electron chi connectivity index (χ0n) is 11.1. The molecule has 2 unspecified atom stereocenters. The van der Waals surface area contributed by atoms with Gasteiger partial charge in [-0.05, 0) is 38.4 Å². The first-order valence-corrected chi connectivity index (χ1v) is 7.04. The quantitative estimate of drug-likeness (QED) is 0.772. The van der Waals surface area contributed by atoms with E-state index in [0.29, 0.717) is 12.0 Å². The van der Waals surface area contributed by atoms with Gasteiger partial charge in [0.05, 0.1) is 6.61 Å². The van der Waals surface area contributed by atoms with Crippen molar-refractivity contribution in [1.29, 1.82) is 0 Å². The van der Waals surface area contributed by atoms with Crippen molar-refractivity contribution in [3.8, 4) is 0 Å². The Morgan fingerprint density at radius 1 is 1.29 bits per heavy atom. The molecule has 2 N–H and O–H groups in total. The maximum absolute atomic E-state index is 5.70. The van der Waals surface area contributed by atoms with E-state index in [1.807, 2.05) is 0 Å². The van der Waals surface area contributed by atoms with Crippen molar-refractivity contribution in [2.75, 3.05) is 52.5 Å². The van der Waals surface area contributed by atoms with Gasteiger partial charge < -0.3 is 15.4 Å². The Labute approximate surface area is 105 Å². The van der Waals surface area contributed by atoms with Gasteiger partial charge >= 0.3 is 0 Å². The van der Waals surface area contributed by atoms with E-state index in [1.54, 1.807) is 0 Å². The monoisotopic (exact) mass is 241 g/mol. The summed E-state index contributed by atoms with van der Waals surface area (Å²) in [4.78, 5) is 5.20. The standard InChI is InChI=1S/C13H27N3O/c1-12(9-14)10-15-4-2-5-16(7-6-15)13-3-8-17-11-13/h12-13H,2-11,14H2,1H3. The number of nitrogens with two attached hydrogens (primary N) is 1. The van der Waals surface area contributed by atoms with Crippen LogP contribution in [0.15, 0.2) is 0 Å². The fraction of sp³-hybridized carbons (Fsp3) is 1.00. The molecule has 2 fully saturated rings. The van der Waals surface area contributed by atoms with E-state index in [-0.39, 0.29) is 0 Å². The number of nitrogens with zero attached hydrogens (tertiary/aromatic N) is 2. The highest BCUT2D eigenvalue weighted by molar-refractivity contribution is 4.79. The highest BCUT2D eigenvalue weighted by atomic mass is 16.5. The summed E-state index contributed by atoms with van der Waals surface area (Å²) in [6, 6.07) is 0.682. The topological polar surface area (TPSA) is 41.7 Å². The first-order valence-electron chi connectivity index (χ1n) is 7.04. The molecule has 2 heterocycles. The molecular weight excluding hydrogens is 214 g/mol. The zero-order valence-corrected chi connectivity index (χ0v) is 11.1. The van der Waals surface area contributed by atoms with Crippen LogP contribution in [0.3, 0.4) is 0 Å².